The predicted octanol–water partition coefficient (Wildman–Crippen LogP) is 3.24. The summed E-state index contributed by atoms with van der Waals surface area (Å²) in [5.74, 6) is -0.558. The van der Waals surface area contributed by atoms with E-state index < -0.39 is 9.85 Å². The van der Waals surface area contributed by atoms with Gasteiger partial charge in [-0.25, -0.2) is 0 Å². The Hall–Kier alpha value is -4.34. The maximum absolute atomic E-state index is 11.8. The molecule has 166 valence electrons. The number of unbranched alkanes of at least 4 members (excludes halogenated alkanes) is 1. The SMILES string of the molecule is O=C(/C=C\c1ccc([N+](=O)[O-])cc1)NCCCCNC(=O)/C=C/c1ccc([N+](=O)[O-])cc1. The van der Waals surface area contributed by atoms with Crippen LogP contribution in [0.25, 0.3) is 12.2 Å². The second kappa shape index (κ2) is 12.4. The van der Waals surface area contributed by atoms with Gasteiger partial charge >= 0.3 is 0 Å². The van der Waals surface area contributed by atoms with E-state index in [4.69, 9.17) is 0 Å². The van der Waals surface area contributed by atoms with E-state index in [9.17, 15) is 29.8 Å². The summed E-state index contributed by atoms with van der Waals surface area (Å²) in [6.45, 7) is 0.885. The summed E-state index contributed by atoms with van der Waals surface area (Å²) in [5.41, 5.74) is 1.33. The summed E-state index contributed by atoms with van der Waals surface area (Å²) in [6.07, 6.45) is 7.18. The van der Waals surface area contributed by atoms with E-state index in [0.29, 0.717) is 37.1 Å². The van der Waals surface area contributed by atoms with Crippen LogP contribution in [-0.4, -0.2) is 34.8 Å². The van der Waals surface area contributed by atoms with Gasteiger partial charge in [0.25, 0.3) is 11.4 Å². The lowest BCUT2D eigenvalue weighted by atomic mass is 10.2. The third kappa shape index (κ3) is 8.57. The van der Waals surface area contributed by atoms with Crippen LogP contribution in [-0.2, 0) is 9.59 Å². The first kappa shape index (κ1) is 23.9. The summed E-state index contributed by atoms with van der Waals surface area (Å²) >= 11 is 0. The number of nitro groups is 2. The topological polar surface area (TPSA) is 144 Å². The van der Waals surface area contributed by atoms with Gasteiger partial charge in [-0.1, -0.05) is 0 Å². The van der Waals surface area contributed by atoms with Gasteiger partial charge in [0.1, 0.15) is 0 Å². The summed E-state index contributed by atoms with van der Waals surface area (Å²) in [7, 11) is 0. The Morgan fingerprint density at radius 2 is 1.03 bits per heavy atom. The number of benzene rings is 2. The molecule has 2 N–H and O–H groups in total. The number of amides is 2. The number of hydrogen-bond donors (Lipinski definition) is 2. The molecule has 0 saturated carbocycles. The zero-order chi connectivity index (χ0) is 23.3. The molecule has 0 aliphatic rings. The van der Waals surface area contributed by atoms with Gasteiger partial charge in [0.15, 0.2) is 0 Å². The van der Waals surface area contributed by atoms with Crippen molar-refractivity contribution >= 4 is 35.3 Å². The first-order valence-corrected chi connectivity index (χ1v) is 9.76. The van der Waals surface area contributed by atoms with Crippen molar-refractivity contribution in [2.24, 2.45) is 0 Å². The maximum atomic E-state index is 11.8. The van der Waals surface area contributed by atoms with Crippen molar-refractivity contribution < 1.29 is 19.4 Å². The first-order valence-electron chi connectivity index (χ1n) is 9.76. The number of non-ortho nitro benzene ring substituents is 2. The summed E-state index contributed by atoms with van der Waals surface area (Å²) < 4.78 is 0. The molecule has 2 amide bonds. The van der Waals surface area contributed by atoms with Gasteiger partial charge in [-0.3, -0.25) is 29.8 Å². The number of nitrogens with zero attached hydrogens (tertiary/aromatic N) is 2. The van der Waals surface area contributed by atoms with Crippen molar-refractivity contribution in [2.75, 3.05) is 13.1 Å². The van der Waals surface area contributed by atoms with Gasteiger partial charge in [0, 0.05) is 49.5 Å². The molecule has 0 aliphatic heterocycles. The molecule has 0 spiro atoms. The largest absolute Gasteiger partial charge is 0.353 e. The highest BCUT2D eigenvalue weighted by Crippen LogP contribution is 2.13. The molecule has 0 aromatic heterocycles. The third-order valence-corrected chi connectivity index (χ3v) is 4.26. The smallest absolute Gasteiger partial charge is 0.269 e. The normalized spacial score (nSPS) is 10.9. The standard InChI is InChI=1S/C22H22N4O6/c27-21(13-7-17-3-9-19(10-4-17)25(29)30)23-15-1-2-16-24-22(28)14-8-18-5-11-20(12-6-18)26(31)32/h3-14H,1-2,15-16H2,(H,23,27)(H,24,28)/b13-7-,14-8+. The van der Waals surface area contributed by atoms with E-state index in [1.165, 1.54) is 36.4 Å². The van der Waals surface area contributed by atoms with Gasteiger partial charge in [-0.15, -0.1) is 0 Å². The van der Waals surface area contributed by atoms with Crippen LogP contribution in [0.2, 0.25) is 0 Å². The number of hydrogen-bond acceptors (Lipinski definition) is 6. The van der Waals surface area contributed by atoms with E-state index in [-0.39, 0.29) is 23.2 Å². The highest BCUT2D eigenvalue weighted by atomic mass is 16.6. The lowest BCUT2D eigenvalue weighted by molar-refractivity contribution is -0.385. The second-order valence-electron chi connectivity index (χ2n) is 6.65. The van der Waals surface area contributed by atoms with Crippen LogP contribution in [0.15, 0.2) is 60.7 Å². The highest BCUT2D eigenvalue weighted by molar-refractivity contribution is 5.92. The van der Waals surface area contributed by atoms with E-state index in [0.717, 1.165) is 0 Å². The minimum absolute atomic E-state index is 0.0134. The molecule has 0 atom stereocenters. The Morgan fingerprint density at radius 3 is 1.34 bits per heavy atom. The average molecular weight is 438 g/mol. The Kier molecular flexibility index (Phi) is 9.26. The summed E-state index contributed by atoms with van der Waals surface area (Å²) in [6, 6.07) is 11.7. The van der Waals surface area contributed by atoms with Crippen molar-refractivity contribution in [3.05, 3.63) is 92.0 Å². The van der Waals surface area contributed by atoms with Crippen molar-refractivity contribution in [2.45, 2.75) is 12.8 Å². The van der Waals surface area contributed by atoms with Crippen LogP contribution in [0.1, 0.15) is 24.0 Å². The molecule has 2 aromatic rings. The van der Waals surface area contributed by atoms with Crippen molar-refractivity contribution in [3.8, 4) is 0 Å². The first-order chi connectivity index (χ1) is 15.3. The predicted molar refractivity (Wildman–Crippen MR) is 120 cm³/mol. The molecule has 10 heteroatoms. The Bertz CT molecular complexity index is 930. The van der Waals surface area contributed by atoms with Crippen LogP contribution in [0.5, 0.6) is 0 Å². The van der Waals surface area contributed by atoms with Gasteiger partial charge in [0.05, 0.1) is 9.85 Å². The van der Waals surface area contributed by atoms with Crippen molar-refractivity contribution in [1.82, 2.24) is 10.6 Å². The van der Waals surface area contributed by atoms with E-state index in [2.05, 4.69) is 10.6 Å². The van der Waals surface area contributed by atoms with Crippen LogP contribution in [0, 0.1) is 20.2 Å². The summed E-state index contributed by atoms with van der Waals surface area (Å²) in [5, 5.41) is 26.7. The van der Waals surface area contributed by atoms with Gasteiger partial charge < -0.3 is 10.6 Å². The van der Waals surface area contributed by atoms with Crippen LogP contribution in [0.3, 0.4) is 0 Å². The van der Waals surface area contributed by atoms with E-state index in [1.807, 2.05) is 0 Å². The fraction of sp³-hybridized carbons (Fsp3) is 0.182. The Balaban J connectivity index is 1.60. The zero-order valence-electron chi connectivity index (χ0n) is 17.1. The molecule has 0 bridgehead atoms. The summed E-state index contributed by atoms with van der Waals surface area (Å²) in [4.78, 5) is 43.8. The highest BCUT2D eigenvalue weighted by Gasteiger charge is 2.04. The number of nitro benzene ring substituents is 2. The number of carbonyl (C=O) groups excluding carboxylic acids is 2. The minimum Gasteiger partial charge on any atom is -0.353 e. The third-order valence-electron chi connectivity index (χ3n) is 4.26. The molecule has 0 fully saturated rings. The quantitative estimate of drug-likeness (QED) is 0.238. The fourth-order valence-corrected chi connectivity index (χ4v) is 2.55. The lowest BCUT2D eigenvalue weighted by Gasteiger charge is -2.04. The number of carbonyl (C=O) groups is 2. The second-order valence-corrected chi connectivity index (χ2v) is 6.65. The fourth-order valence-electron chi connectivity index (χ4n) is 2.55. The molecule has 2 aromatic carbocycles. The van der Waals surface area contributed by atoms with Crippen molar-refractivity contribution in [3.63, 3.8) is 0 Å². The average Bonchev–Trinajstić information content (AvgIpc) is 2.79. The number of nitrogens with one attached hydrogen (secondary N) is 2. The van der Waals surface area contributed by atoms with Crippen LogP contribution < -0.4 is 10.6 Å². The molecule has 2 rings (SSSR count). The van der Waals surface area contributed by atoms with Gasteiger partial charge in [0.2, 0.25) is 11.8 Å². The van der Waals surface area contributed by atoms with Gasteiger partial charge in [-0.2, -0.15) is 0 Å². The molecule has 0 aliphatic carbocycles. The molecule has 0 saturated heterocycles. The van der Waals surface area contributed by atoms with Crippen LogP contribution >= 0.6 is 0 Å². The van der Waals surface area contributed by atoms with E-state index in [1.54, 1.807) is 36.4 Å². The molecular weight excluding hydrogens is 416 g/mol. The molecular formula is C22H22N4O6. The van der Waals surface area contributed by atoms with Crippen LogP contribution in [0.4, 0.5) is 11.4 Å². The number of rotatable bonds is 11. The van der Waals surface area contributed by atoms with E-state index >= 15 is 0 Å². The monoisotopic (exact) mass is 438 g/mol. The molecule has 0 heterocycles. The molecule has 10 nitrogen and oxygen atoms in total. The minimum atomic E-state index is -0.488. The Morgan fingerprint density at radius 1 is 0.688 bits per heavy atom. The van der Waals surface area contributed by atoms with Gasteiger partial charge in [-0.05, 0) is 60.4 Å². The molecule has 32 heavy (non-hydrogen) atoms. The van der Waals surface area contributed by atoms with Crippen molar-refractivity contribution in [1.29, 1.82) is 0 Å². The molecule has 0 radical (unpaired) electrons. The zero-order valence-corrected chi connectivity index (χ0v) is 17.1. The lowest BCUT2D eigenvalue weighted by Crippen LogP contribution is -2.25. The Labute approximate surface area is 183 Å². The maximum Gasteiger partial charge on any atom is 0.269 e. The molecule has 0 unspecified atom stereocenters.